The van der Waals surface area contributed by atoms with Crippen LogP contribution in [0.3, 0.4) is 0 Å². The summed E-state index contributed by atoms with van der Waals surface area (Å²) in [6.45, 7) is 1.49. The van der Waals surface area contributed by atoms with E-state index in [1.165, 1.54) is 0 Å². The van der Waals surface area contributed by atoms with Crippen LogP contribution in [0, 0.1) is 29.6 Å². The first-order valence-electron chi connectivity index (χ1n) is 7.98. The van der Waals surface area contributed by atoms with Crippen molar-refractivity contribution in [3.63, 3.8) is 0 Å². The standard InChI is InChI=1S/C19H14ClN5O2/c1-11-15(7-6-14(9-22)17(11)20)23-16(10-26)19-25-24-18(27-19)13-4-2-12(8-21)3-5-13/h2-7,16,23,26H,10H2,1H3/t16-/m1/s1. The highest BCUT2D eigenvalue weighted by atomic mass is 35.5. The van der Waals surface area contributed by atoms with Crippen molar-refractivity contribution < 1.29 is 9.52 Å². The summed E-state index contributed by atoms with van der Waals surface area (Å²) >= 11 is 6.18. The van der Waals surface area contributed by atoms with Crippen LogP contribution in [-0.4, -0.2) is 21.9 Å². The number of nitrogens with one attached hydrogen (secondary N) is 1. The number of nitriles is 2. The fraction of sp³-hybridized carbons (Fsp3) is 0.158. The Balaban J connectivity index is 1.85. The number of hydrogen-bond donors (Lipinski definition) is 2. The fourth-order valence-corrected chi connectivity index (χ4v) is 2.69. The predicted octanol–water partition coefficient (Wildman–Crippen LogP) is 3.59. The molecule has 134 valence electrons. The number of nitrogens with zero attached hydrogens (tertiary/aromatic N) is 4. The van der Waals surface area contributed by atoms with Crippen LogP contribution in [0.4, 0.5) is 5.69 Å². The van der Waals surface area contributed by atoms with Crippen LogP contribution in [0.2, 0.25) is 5.02 Å². The molecule has 0 amide bonds. The smallest absolute Gasteiger partial charge is 0.247 e. The second-order valence-electron chi connectivity index (χ2n) is 5.73. The monoisotopic (exact) mass is 379 g/mol. The molecule has 0 unspecified atom stereocenters. The topological polar surface area (TPSA) is 119 Å². The minimum atomic E-state index is -0.646. The van der Waals surface area contributed by atoms with Gasteiger partial charge >= 0.3 is 0 Å². The van der Waals surface area contributed by atoms with E-state index in [2.05, 4.69) is 15.5 Å². The SMILES string of the molecule is Cc1c(N[C@H](CO)c2nnc(-c3ccc(C#N)cc3)o2)ccc(C#N)c1Cl. The highest BCUT2D eigenvalue weighted by molar-refractivity contribution is 6.32. The van der Waals surface area contributed by atoms with Crippen LogP contribution in [0.25, 0.3) is 11.5 Å². The molecule has 0 fully saturated rings. The molecule has 1 atom stereocenters. The van der Waals surface area contributed by atoms with E-state index in [0.29, 0.717) is 33.0 Å². The van der Waals surface area contributed by atoms with Crippen molar-refractivity contribution in [1.82, 2.24) is 10.2 Å². The average molecular weight is 380 g/mol. The summed E-state index contributed by atoms with van der Waals surface area (Å²) in [6, 6.07) is 13.5. The van der Waals surface area contributed by atoms with Crippen LogP contribution in [0.1, 0.15) is 28.6 Å². The molecule has 0 aliphatic heterocycles. The van der Waals surface area contributed by atoms with Gasteiger partial charge in [0.25, 0.3) is 0 Å². The highest BCUT2D eigenvalue weighted by Crippen LogP contribution is 2.30. The van der Waals surface area contributed by atoms with Gasteiger partial charge in [-0.2, -0.15) is 10.5 Å². The molecule has 0 spiro atoms. The first-order chi connectivity index (χ1) is 13.1. The molecule has 1 heterocycles. The van der Waals surface area contributed by atoms with E-state index < -0.39 is 6.04 Å². The van der Waals surface area contributed by atoms with Crippen LogP contribution in [-0.2, 0) is 0 Å². The maximum Gasteiger partial charge on any atom is 0.247 e. The Morgan fingerprint density at radius 2 is 1.89 bits per heavy atom. The molecule has 27 heavy (non-hydrogen) atoms. The molecule has 0 saturated carbocycles. The van der Waals surface area contributed by atoms with E-state index in [1.807, 2.05) is 12.1 Å². The normalized spacial score (nSPS) is 11.4. The molecule has 0 radical (unpaired) electrons. The van der Waals surface area contributed by atoms with Crippen molar-refractivity contribution in [2.24, 2.45) is 0 Å². The second kappa shape index (κ2) is 7.88. The van der Waals surface area contributed by atoms with Gasteiger partial charge in [0, 0.05) is 11.3 Å². The molecule has 0 saturated heterocycles. The fourth-order valence-electron chi connectivity index (χ4n) is 2.48. The summed E-state index contributed by atoms with van der Waals surface area (Å²) in [5.74, 6) is 0.487. The van der Waals surface area contributed by atoms with Gasteiger partial charge in [0.05, 0.1) is 28.8 Å². The lowest BCUT2D eigenvalue weighted by atomic mass is 10.1. The third kappa shape index (κ3) is 3.75. The molecule has 3 rings (SSSR count). The van der Waals surface area contributed by atoms with Gasteiger partial charge in [-0.15, -0.1) is 10.2 Å². The van der Waals surface area contributed by atoms with Gasteiger partial charge in [0.1, 0.15) is 12.1 Å². The van der Waals surface area contributed by atoms with E-state index >= 15 is 0 Å². The predicted molar refractivity (Wildman–Crippen MR) is 98.8 cm³/mol. The minimum Gasteiger partial charge on any atom is -0.418 e. The van der Waals surface area contributed by atoms with E-state index in [4.69, 9.17) is 26.5 Å². The molecule has 2 aromatic carbocycles. The summed E-state index contributed by atoms with van der Waals surface area (Å²) < 4.78 is 5.67. The first kappa shape index (κ1) is 18.4. The van der Waals surface area contributed by atoms with Crippen LogP contribution in [0.15, 0.2) is 40.8 Å². The van der Waals surface area contributed by atoms with Crippen LogP contribution >= 0.6 is 11.6 Å². The molecule has 1 aromatic heterocycles. The number of halogens is 1. The molecular formula is C19H14ClN5O2. The molecule has 0 bridgehead atoms. The van der Waals surface area contributed by atoms with Gasteiger partial charge in [-0.25, -0.2) is 0 Å². The summed E-state index contributed by atoms with van der Waals surface area (Å²) in [5.41, 5.74) is 2.90. The Bertz CT molecular complexity index is 1050. The molecule has 7 nitrogen and oxygen atoms in total. The van der Waals surface area contributed by atoms with Gasteiger partial charge in [0.15, 0.2) is 0 Å². The first-order valence-corrected chi connectivity index (χ1v) is 8.35. The number of rotatable bonds is 5. The van der Waals surface area contributed by atoms with Crippen molar-refractivity contribution in [3.8, 4) is 23.6 Å². The van der Waals surface area contributed by atoms with Gasteiger partial charge in [-0.1, -0.05) is 11.6 Å². The third-order valence-corrected chi connectivity index (χ3v) is 4.51. The molecule has 0 aliphatic carbocycles. The van der Waals surface area contributed by atoms with Crippen molar-refractivity contribution in [1.29, 1.82) is 10.5 Å². The quantitative estimate of drug-likeness (QED) is 0.695. The van der Waals surface area contributed by atoms with Crippen molar-refractivity contribution >= 4 is 17.3 Å². The van der Waals surface area contributed by atoms with Gasteiger partial charge in [0.2, 0.25) is 11.8 Å². The highest BCUT2D eigenvalue weighted by Gasteiger charge is 2.20. The molecule has 8 heteroatoms. The zero-order chi connectivity index (χ0) is 19.4. The van der Waals surface area contributed by atoms with E-state index in [9.17, 15) is 5.11 Å². The summed E-state index contributed by atoms with van der Waals surface area (Å²) in [7, 11) is 0. The maximum atomic E-state index is 9.74. The number of anilines is 1. The maximum absolute atomic E-state index is 9.74. The number of aromatic nitrogens is 2. The van der Waals surface area contributed by atoms with Crippen molar-refractivity contribution in [2.75, 3.05) is 11.9 Å². The summed E-state index contributed by atoms with van der Waals surface area (Å²) in [5, 5.41) is 39.1. The van der Waals surface area contributed by atoms with Gasteiger partial charge < -0.3 is 14.8 Å². The molecular weight excluding hydrogens is 366 g/mol. The minimum absolute atomic E-state index is 0.205. The number of aliphatic hydroxyl groups is 1. The lowest BCUT2D eigenvalue weighted by Crippen LogP contribution is -2.16. The average Bonchev–Trinajstić information content (AvgIpc) is 3.19. The Kier molecular flexibility index (Phi) is 5.37. The van der Waals surface area contributed by atoms with Crippen LogP contribution < -0.4 is 5.32 Å². The Morgan fingerprint density at radius 1 is 1.15 bits per heavy atom. The zero-order valence-corrected chi connectivity index (χ0v) is 15.0. The Morgan fingerprint density at radius 3 is 2.52 bits per heavy atom. The Hall–Kier alpha value is -3.39. The number of hydrogen-bond acceptors (Lipinski definition) is 7. The lowest BCUT2D eigenvalue weighted by Gasteiger charge is -2.16. The van der Waals surface area contributed by atoms with E-state index in [1.54, 1.807) is 43.3 Å². The van der Waals surface area contributed by atoms with Gasteiger partial charge in [-0.3, -0.25) is 0 Å². The van der Waals surface area contributed by atoms with Crippen LogP contribution in [0.5, 0.6) is 0 Å². The largest absolute Gasteiger partial charge is 0.418 e. The summed E-state index contributed by atoms with van der Waals surface area (Å²) in [6.07, 6.45) is 0. The molecule has 0 aliphatic rings. The summed E-state index contributed by atoms with van der Waals surface area (Å²) in [4.78, 5) is 0. The number of aliphatic hydroxyl groups excluding tert-OH is 1. The van der Waals surface area contributed by atoms with E-state index in [-0.39, 0.29) is 18.4 Å². The molecule has 3 aromatic rings. The van der Waals surface area contributed by atoms with Crippen molar-refractivity contribution in [2.45, 2.75) is 13.0 Å². The molecule has 2 N–H and O–H groups in total. The van der Waals surface area contributed by atoms with E-state index in [0.717, 1.165) is 0 Å². The number of benzene rings is 2. The van der Waals surface area contributed by atoms with Crippen molar-refractivity contribution in [3.05, 3.63) is 64.0 Å². The lowest BCUT2D eigenvalue weighted by molar-refractivity contribution is 0.258. The second-order valence-corrected chi connectivity index (χ2v) is 6.10. The Labute approximate surface area is 160 Å². The van der Waals surface area contributed by atoms with Gasteiger partial charge in [-0.05, 0) is 48.9 Å². The third-order valence-electron chi connectivity index (χ3n) is 4.02. The zero-order valence-electron chi connectivity index (χ0n) is 14.3.